The van der Waals surface area contributed by atoms with Gasteiger partial charge < -0.3 is 9.67 Å². The van der Waals surface area contributed by atoms with E-state index in [0.29, 0.717) is 10.7 Å². The third kappa shape index (κ3) is 2.01. The number of carboxylic acid groups (broad SMARTS) is 1. The first-order valence-corrected chi connectivity index (χ1v) is 5.53. The summed E-state index contributed by atoms with van der Waals surface area (Å²) in [5.41, 5.74) is 1.32. The van der Waals surface area contributed by atoms with Crippen molar-refractivity contribution in [3.8, 4) is 0 Å². The molecule has 1 aromatic carbocycles. The number of rotatable bonds is 3. The van der Waals surface area contributed by atoms with Crippen LogP contribution in [0.3, 0.4) is 0 Å². The molecule has 0 radical (unpaired) electrons. The first-order chi connectivity index (χ1) is 7.58. The van der Waals surface area contributed by atoms with E-state index in [2.05, 4.69) is 4.98 Å². The smallest absolute Gasteiger partial charge is 0.313 e. The molecule has 0 aliphatic rings. The third-order valence-corrected chi connectivity index (χ3v) is 3.14. The molecule has 0 saturated heterocycles. The van der Waals surface area contributed by atoms with Crippen LogP contribution in [0.1, 0.15) is 0 Å². The second-order valence-corrected chi connectivity index (χ2v) is 4.21. The predicted molar refractivity (Wildman–Crippen MR) is 59.0 cm³/mol. The van der Waals surface area contributed by atoms with E-state index >= 15 is 0 Å². The highest BCUT2D eigenvalue weighted by Crippen LogP contribution is 2.23. The minimum Gasteiger partial charge on any atom is -0.481 e. The van der Waals surface area contributed by atoms with Crippen LogP contribution in [0.2, 0.25) is 0 Å². The Morgan fingerprint density at radius 3 is 3.06 bits per heavy atom. The molecule has 1 heterocycles. The van der Waals surface area contributed by atoms with E-state index in [1.807, 2.05) is 0 Å². The number of hydrogen-bond acceptors (Lipinski definition) is 3. The molecule has 0 spiro atoms. The maximum absolute atomic E-state index is 12.9. The average Bonchev–Trinajstić information content (AvgIpc) is 2.52. The second kappa shape index (κ2) is 4.13. The van der Waals surface area contributed by atoms with Crippen LogP contribution in [-0.4, -0.2) is 26.4 Å². The van der Waals surface area contributed by atoms with Gasteiger partial charge in [0, 0.05) is 13.1 Å². The molecule has 6 heteroatoms. The topological polar surface area (TPSA) is 55.1 Å². The fourth-order valence-electron chi connectivity index (χ4n) is 1.41. The molecule has 16 heavy (non-hydrogen) atoms. The fraction of sp³-hybridized carbons (Fsp3) is 0.200. The number of thioether (sulfide) groups is 1. The lowest BCUT2D eigenvalue weighted by Gasteiger charge is -1.99. The summed E-state index contributed by atoms with van der Waals surface area (Å²) in [6, 6.07) is 4.32. The van der Waals surface area contributed by atoms with E-state index in [1.165, 1.54) is 12.1 Å². The van der Waals surface area contributed by atoms with Gasteiger partial charge in [-0.3, -0.25) is 4.79 Å². The number of aryl methyl sites for hydroxylation is 1. The summed E-state index contributed by atoms with van der Waals surface area (Å²) in [5, 5.41) is 9.14. The van der Waals surface area contributed by atoms with E-state index in [4.69, 9.17) is 5.11 Å². The summed E-state index contributed by atoms with van der Waals surface area (Å²) in [6.07, 6.45) is 0. The highest BCUT2D eigenvalue weighted by Gasteiger charge is 2.10. The van der Waals surface area contributed by atoms with Crippen LogP contribution in [-0.2, 0) is 11.8 Å². The van der Waals surface area contributed by atoms with Gasteiger partial charge in [0.25, 0.3) is 0 Å². The van der Waals surface area contributed by atoms with Gasteiger partial charge in [-0.05, 0) is 12.1 Å². The summed E-state index contributed by atoms with van der Waals surface area (Å²) in [5.74, 6) is -1.30. The van der Waals surface area contributed by atoms with Gasteiger partial charge >= 0.3 is 5.97 Å². The van der Waals surface area contributed by atoms with Gasteiger partial charge in [-0.1, -0.05) is 11.8 Å². The summed E-state index contributed by atoms with van der Waals surface area (Å²) in [7, 11) is 1.78. The van der Waals surface area contributed by atoms with Crippen molar-refractivity contribution in [3.05, 3.63) is 24.0 Å². The van der Waals surface area contributed by atoms with Crippen molar-refractivity contribution in [3.63, 3.8) is 0 Å². The van der Waals surface area contributed by atoms with Gasteiger partial charge in [-0.25, -0.2) is 9.37 Å². The highest BCUT2D eigenvalue weighted by atomic mass is 32.2. The minimum atomic E-state index is -0.900. The molecule has 1 N–H and O–H groups in total. The Bertz CT molecular complexity index is 553. The van der Waals surface area contributed by atoms with Gasteiger partial charge in [0.2, 0.25) is 0 Å². The van der Waals surface area contributed by atoms with Crippen molar-refractivity contribution in [1.82, 2.24) is 9.55 Å². The van der Waals surface area contributed by atoms with Crippen LogP contribution in [0.25, 0.3) is 11.0 Å². The average molecular weight is 240 g/mol. The number of halogens is 1. The van der Waals surface area contributed by atoms with Gasteiger partial charge in [0.05, 0.1) is 16.8 Å². The van der Waals surface area contributed by atoms with Crippen molar-refractivity contribution in [2.45, 2.75) is 5.16 Å². The number of hydrogen-bond donors (Lipinski definition) is 1. The lowest BCUT2D eigenvalue weighted by atomic mass is 10.3. The molecule has 0 bridgehead atoms. The number of imidazole rings is 1. The quantitative estimate of drug-likeness (QED) is 0.832. The van der Waals surface area contributed by atoms with E-state index in [-0.39, 0.29) is 11.6 Å². The number of aliphatic carboxylic acids is 1. The molecule has 0 aliphatic heterocycles. The first-order valence-electron chi connectivity index (χ1n) is 4.54. The number of nitrogens with zero attached hydrogens (tertiary/aromatic N) is 2. The molecule has 0 saturated carbocycles. The normalized spacial score (nSPS) is 10.9. The molecule has 2 aromatic rings. The molecule has 0 amide bonds. The van der Waals surface area contributed by atoms with Crippen molar-refractivity contribution in [1.29, 1.82) is 0 Å². The molecular weight excluding hydrogens is 231 g/mol. The second-order valence-electron chi connectivity index (χ2n) is 3.27. The van der Waals surface area contributed by atoms with Gasteiger partial charge in [-0.15, -0.1) is 0 Å². The molecule has 0 fully saturated rings. The summed E-state index contributed by atoms with van der Waals surface area (Å²) >= 11 is 1.12. The Morgan fingerprint density at radius 1 is 1.62 bits per heavy atom. The van der Waals surface area contributed by atoms with Gasteiger partial charge in [-0.2, -0.15) is 0 Å². The Hall–Kier alpha value is -1.56. The summed E-state index contributed by atoms with van der Waals surface area (Å²) in [4.78, 5) is 14.6. The zero-order valence-electron chi connectivity index (χ0n) is 8.48. The molecule has 0 unspecified atom stereocenters. The van der Waals surface area contributed by atoms with Crippen molar-refractivity contribution in [2.75, 3.05) is 5.75 Å². The van der Waals surface area contributed by atoms with Crippen molar-refractivity contribution in [2.24, 2.45) is 7.05 Å². The SMILES string of the molecule is Cn1c(SCC(=O)O)nc2cc(F)ccc21. The number of carbonyl (C=O) groups is 1. The van der Waals surface area contributed by atoms with Crippen molar-refractivity contribution >= 4 is 28.8 Å². The van der Waals surface area contributed by atoms with Gasteiger partial charge in [0.15, 0.2) is 5.16 Å². The molecule has 1 aromatic heterocycles. The molecule has 84 valence electrons. The maximum Gasteiger partial charge on any atom is 0.313 e. The first kappa shape index (κ1) is 10.9. The summed E-state index contributed by atoms with van der Waals surface area (Å²) < 4.78 is 14.7. The molecule has 2 rings (SSSR count). The molecular formula is C10H9FN2O2S. The molecule has 0 atom stereocenters. The molecule has 4 nitrogen and oxygen atoms in total. The Balaban J connectivity index is 2.39. The monoisotopic (exact) mass is 240 g/mol. The summed E-state index contributed by atoms with van der Waals surface area (Å²) in [6.45, 7) is 0. The maximum atomic E-state index is 12.9. The van der Waals surface area contributed by atoms with Crippen LogP contribution in [0.5, 0.6) is 0 Å². The zero-order chi connectivity index (χ0) is 11.7. The number of carboxylic acids is 1. The number of fused-ring (bicyclic) bond motifs is 1. The standard InChI is InChI=1S/C10H9FN2O2S/c1-13-8-3-2-6(11)4-7(8)12-10(13)16-5-9(14)15/h2-4H,5H2,1H3,(H,14,15). The van der Waals surface area contributed by atoms with E-state index in [1.54, 1.807) is 17.7 Å². The Kier molecular flexibility index (Phi) is 2.82. The highest BCUT2D eigenvalue weighted by molar-refractivity contribution is 7.99. The lowest BCUT2D eigenvalue weighted by Crippen LogP contribution is -2.00. The van der Waals surface area contributed by atoms with Crippen LogP contribution >= 0.6 is 11.8 Å². The zero-order valence-corrected chi connectivity index (χ0v) is 9.29. The van der Waals surface area contributed by atoms with E-state index in [0.717, 1.165) is 17.3 Å². The van der Waals surface area contributed by atoms with Crippen LogP contribution < -0.4 is 0 Å². The van der Waals surface area contributed by atoms with E-state index < -0.39 is 5.97 Å². The predicted octanol–water partition coefficient (Wildman–Crippen LogP) is 1.89. The van der Waals surface area contributed by atoms with Crippen LogP contribution in [0.4, 0.5) is 4.39 Å². The van der Waals surface area contributed by atoms with Crippen LogP contribution in [0, 0.1) is 5.82 Å². The van der Waals surface area contributed by atoms with Crippen LogP contribution in [0.15, 0.2) is 23.4 Å². The lowest BCUT2D eigenvalue weighted by molar-refractivity contribution is -0.133. The minimum absolute atomic E-state index is 0.0559. The Morgan fingerprint density at radius 2 is 2.38 bits per heavy atom. The Labute approximate surface area is 95.1 Å². The van der Waals surface area contributed by atoms with Gasteiger partial charge in [0.1, 0.15) is 5.82 Å². The number of benzene rings is 1. The number of aromatic nitrogens is 2. The third-order valence-electron chi connectivity index (χ3n) is 2.13. The van der Waals surface area contributed by atoms with E-state index in [9.17, 15) is 9.18 Å². The fourth-order valence-corrected chi connectivity index (χ4v) is 2.11. The largest absolute Gasteiger partial charge is 0.481 e. The molecule has 0 aliphatic carbocycles. The van der Waals surface area contributed by atoms with Crippen molar-refractivity contribution < 1.29 is 14.3 Å².